The van der Waals surface area contributed by atoms with Crippen LogP contribution in [0.2, 0.25) is 0 Å². The molecule has 0 unspecified atom stereocenters. The van der Waals surface area contributed by atoms with Crippen molar-refractivity contribution < 1.29 is 28.6 Å². The zero-order chi connectivity index (χ0) is 32.1. The molecule has 0 atom stereocenters. The fraction of sp³-hybridized carbons (Fsp3) is 0.417. The number of hydrazine groups is 1. The SMILES string of the molecule is CN(CCCCC(=O)N(c1ccccc1)C1OCCO1)C(=O)CCOC(=O)N(c1ccccc1-c1ccccc1)N1CCCCC1. The molecule has 3 aromatic carbocycles. The maximum absolute atomic E-state index is 13.6. The Kier molecular flexibility index (Phi) is 12.2. The van der Waals surface area contributed by atoms with Crippen molar-refractivity contribution in [2.75, 3.05) is 56.4 Å². The van der Waals surface area contributed by atoms with E-state index in [0.717, 1.165) is 54.9 Å². The Balaban J connectivity index is 1.11. The lowest BCUT2D eigenvalue weighted by molar-refractivity contribution is -0.130. The Morgan fingerprint density at radius 2 is 1.43 bits per heavy atom. The highest BCUT2D eigenvalue weighted by Crippen LogP contribution is 2.33. The number of hydrogen-bond donors (Lipinski definition) is 0. The summed E-state index contributed by atoms with van der Waals surface area (Å²) < 4.78 is 16.9. The van der Waals surface area contributed by atoms with Gasteiger partial charge >= 0.3 is 6.09 Å². The highest BCUT2D eigenvalue weighted by Gasteiger charge is 2.30. The van der Waals surface area contributed by atoms with Crippen molar-refractivity contribution in [1.82, 2.24) is 9.91 Å². The third-order valence-corrected chi connectivity index (χ3v) is 8.22. The number of para-hydroxylation sites is 2. The monoisotopic (exact) mass is 628 g/mol. The van der Waals surface area contributed by atoms with E-state index in [9.17, 15) is 14.4 Å². The number of ether oxygens (including phenoxy) is 3. The fourth-order valence-corrected chi connectivity index (χ4v) is 5.78. The van der Waals surface area contributed by atoms with Crippen molar-refractivity contribution in [2.24, 2.45) is 0 Å². The number of piperidine rings is 1. The number of anilines is 2. The molecule has 5 rings (SSSR count). The zero-order valence-corrected chi connectivity index (χ0v) is 26.6. The molecule has 244 valence electrons. The second-order valence-corrected chi connectivity index (χ2v) is 11.5. The first-order valence-corrected chi connectivity index (χ1v) is 16.2. The molecule has 3 amide bonds. The Hall–Kier alpha value is -4.25. The molecule has 46 heavy (non-hydrogen) atoms. The van der Waals surface area contributed by atoms with Crippen LogP contribution < -0.4 is 9.91 Å². The lowest BCUT2D eigenvalue weighted by Gasteiger charge is -2.37. The Morgan fingerprint density at radius 3 is 2.15 bits per heavy atom. The van der Waals surface area contributed by atoms with E-state index in [0.29, 0.717) is 39.0 Å². The van der Waals surface area contributed by atoms with Crippen LogP contribution in [0, 0.1) is 0 Å². The summed E-state index contributed by atoms with van der Waals surface area (Å²) in [4.78, 5) is 42.8. The number of nitrogens with zero attached hydrogens (tertiary/aromatic N) is 4. The molecule has 2 fully saturated rings. The topological polar surface area (TPSA) is 91.9 Å². The number of rotatable bonds is 13. The van der Waals surface area contributed by atoms with Gasteiger partial charge in [0.2, 0.25) is 18.2 Å². The molecule has 0 spiro atoms. The van der Waals surface area contributed by atoms with Crippen molar-refractivity contribution in [2.45, 2.75) is 51.4 Å². The molecule has 2 aliphatic rings. The summed E-state index contributed by atoms with van der Waals surface area (Å²) in [5.74, 6) is -0.210. The number of benzene rings is 3. The second kappa shape index (κ2) is 16.9. The Labute approximate surface area is 271 Å². The van der Waals surface area contributed by atoms with Gasteiger partial charge in [-0.05, 0) is 49.4 Å². The molecule has 0 saturated carbocycles. The molecule has 0 bridgehead atoms. The van der Waals surface area contributed by atoms with Crippen molar-refractivity contribution in [1.29, 1.82) is 0 Å². The minimum Gasteiger partial charge on any atom is -0.448 e. The molecule has 0 N–H and O–H groups in total. The quantitative estimate of drug-likeness (QED) is 0.212. The molecule has 2 heterocycles. The maximum atomic E-state index is 13.6. The van der Waals surface area contributed by atoms with Gasteiger partial charge in [-0.3, -0.25) is 14.5 Å². The fourth-order valence-electron chi connectivity index (χ4n) is 5.78. The number of unbranched alkanes of at least 4 members (excludes halogenated alkanes) is 1. The summed E-state index contributed by atoms with van der Waals surface area (Å²) >= 11 is 0. The number of carbonyl (C=O) groups is 3. The first-order chi connectivity index (χ1) is 22.5. The van der Waals surface area contributed by atoms with Crippen LogP contribution in [0.3, 0.4) is 0 Å². The van der Waals surface area contributed by atoms with Crippen molar-refractivity contribution in [3.05, 3.63) is 84.9 Å². The number of hydrogen-bond acceptors (Lipinski definition) is 7. The lowest BCUT2D eigenvalue weighted by Crippen LogP contribution is -2.49. The summed E-state index contributed by atoms with van der Waals surface area (Å²) in [6, 6.07) is 27.2. The van der Waals surface area contributed by atoms with Crippen molar-refractivity contribution in [3.63, 3.8) is 0 Å². The molecule has 2 aliphatic heterocycles. The Bertz CT molecular complexity index is 1410. The van der Waals surface area contributed by atoms with Crippen LogP contribution >= 0.6 is 0 Å². The number of amides is 3. The van der Waals surface area contributed by atoms with Gasteiger partial charge in [0, 0.05) is 44.4 Å². The van der Waals surface area contributed by atoms with Gasteiger partial charge in [0.25, 0.3) is 0 Å². The van der Waals surface area contributed by atoms with Crippen LogP contribution in [0.15, 0.2) is 84.9 Å². The maximum Gasteiger partial charge on any atom is 0.429 e. The van der Waals surface area contributed by atoms with E-state index in [1.165, 1.54) is 0 Å². The predicted molar refractivity (Wildman–Crippen MR) is 177 cm³/mol. The van der Waals surface area contributed by atoms with E-state index >= 15 is 0 Å². The van der Waals surface area contributed by atoms with Gasteiger partial charge in [-0.1, -0.05) is 73.2 Å². The van der Waals surface area contributed by atoms with E-state index in [1.54, 1.807) is 21.9 Å². The summed E-state index contributed by atoms with van der Waals surface area (Å²) in [6.45, 7) is 2.87. The number of carbonyl (C=O) groups excluding carboxylic acids is 3. The largest absolute Gasteiger partial charge is 0.448 e. The molecular weight excluding hydrogens is 584 g/mol. The van der Waals surface area contributed by atoms with Gasteiger partial charge in [-0.2, -0.15) is 0 Å². The van der Waals surface area contributed by atoms with Crippen LogP contribution in [0.4, 0.5) is 16.2 Å². The minimum atomic E-state index is -0.723. The third-order valence-electron chi connectivity index (χ3n) is 8.22. The van der Waals surface area contributed by atoms with Crippen LogP contribution in [0.25, 0.3) is 11.1 Å². The third kappa shape index (κ3) is 8.72. The standard InChI is InChI=1S/C36H44N4O6/c1-37(23-14-11-21-34(42)39(36-45-27-28-46-36)30-17-7-3-8-18-30)33(41)22-26-44-35(43)40(38-24-12-4-13-25-38)32-20-10-9-19-31(32)29-15-5-2-6-16-29/h2-3,5-10,15-20,36H,4,11-14,21-28H2,1H3. The first-order valence-electron chi connectivity index (χ1n) is 16.2. The summed E-state index contributed by atoms with van der Waals surface area (Å²) in [6.07, 6.45) is 3.55. The molecule has 2 saturated heterocycles. The smallest absolute Gasteiger partial charge is 0.429 e. The second-order valence-electron chi connectivity index (χ2n) is 11.5. The zero-order valence-electron chi connectivity index (χ0n) is 26.6. The lowest BCUT2D eigenvalue weighted by atomic mass is 10.0. The van der Waals surface area contributed by atoms with E-state index in [-0.39, 0.29) is 24.8 Å². The Morgan fingerprint density at radius 1 is 0.783 bits per heavy atom. The van der Waals surface area contributed by atoms with Gasteiger partial charge < -0.3 is 19.1 Å². The summed E-state index contributed by atoms with van der Waals surface area (Å²) in [5, 5.41) is 3.69. The van der Waals surface area contributed by atoms with Gasteiger partial charge in [-0.15, -0.1) is 0 Å². The van der Waals surface area contributed by atoms with Gasteiger partial charge in [-0.25, -0.2) is 14.8 Å². The molecule has 0 aliphatic carbocycles. The van der Waals surface area contributed by atoms with Gasteiger partial charge in [0.05, 0.1) is 25.3 Å². The average Bonchev–Trinajstić information content (AvgIpc) is 3.63. The summed E-state index contributed by atoms with van der Waals surface area (Å²) in [7, 11) is 1.73. The highest BCUT2D eigenvalue weighted by atomic mass is 16.7. The van der Waals surface area contributed by atoms with Gasteiger partial charge in [0.15, 0.2) is 0 Å². The first kappa shape index (κ1) is 33.1. The minimum absolute atomic E-state index is 0.0221. The van der Waals surface area contributed by atoms with Crippen molar-refractivity contribution in [3.8, 4) is 11.1 Å². The highest BCUT2D eigenvalue weighted by molar-refractivity contribution is 5.94. The van der Waals surface area contributed by atoms with Crippen LogP contribution in [0.5, 0.6) is 0 Å². The van der Waals surface area contributed by atoms with E-state index in [2.05, 4.69) is 0 Å². The van der Waals surface area contributed by atoms with Crippen LogP contribution in [-0.4, -0.2) is 80.7 Å². The molecular formula is C36H44N4O6. The molecule has 0 radical (unpaired) electrons. The summed E-state index contributed by atoms with van der Waals surface area (Å²) in [5.41, 5.74) is 3.44. The predicted octanol–water partition coefficient (Wildman–Crippen LogP) is 6.08. The molecule has 10 heteroatoms. The molecule has 10 nitrogen and oxygen atoms in total. The van der Waals surface area contributed by atoms with Crippen LogP contribution in [-0.2, 0) is 23.8 Å². The normalized spacial score (nSPS) is 15.3. The average molecular weight is 629 g/mol. The van der Waals surface area contributed by atoms with Crippen LogP contribution in [0.1, 0.15) is 44.9 Å². The van der Waals surface area contributed by atoms with Crippen molar-refractivity contribution >= 4 is 29.3 Å². The van der Waals surface area contributed by atoms with E-state index in [1.807, 2.05) is 89.9 Å². The van der Waals surface area contributed by atoms with Gasteiger partial charge in [0.1, 0.15) is 6.61 Å². The molecule has 0 aromatic heterocycles. The van der Waals surface area contributed by atoms with E-state index in [4.69, 9.17) is 14.2 Å². The molecule has 3 aromatic rings. The van der Waals surface area contributed by atoms with E-state index < -0.39 is 12.5 Å².